The molecular formula is C12H14BrN3O. The van der Waals surface area contributed by atoms with Gasteiger partial charge in [0.2, 0.25) is 0 Å². The van der Waals surface area contributed by atoms with Gasteiger partial charge in [0.15, 0.2) is 0 Å². The number of hydrogen-bond donors (Lipinski definition) is 1. The van der Waals surface area contributed by atoms with Gasteiger partial charge in [-0.2, -0.15) is 5.10 Å². The van der Waals surface area contributed by atoms with Gasteiger partial charge in [0.05, 0.1) is 11.9 Å². The second-order valence-electron chi connectivity index (χ2n) is 3.83. The first-order valence-corrected chi connectivity index (χ1v) is 6.29. The van der Waals surface area contributed by atoms with Gasteiger partial charge in [-0.05, 0) is 40.5 Å². The van der Waals surface area contributed by atoms with Crippen LogP contribution in [0.4, 0.5) is 0 Å². The largest absolute Gasteiger partial charge is 0.386 e. The van der Waals surface area contributed by atoms with Crippen molar-refractivity contribution >= 4 is 15.9 Å². The minimum absolute atomic E-state index is 0.536. The molecule has 2 aromatic heterocycles. The van der Waals surface area contributed by atoms with Gasteiger partial charge in [-0.3, -0.25) is 9.67 Å². The summed E-state index contributed by atoms with van der Waals surface area (Å²) in [6.45, 7) is 2.87. The van der Waals surface area contributed by atoms with Gasteiger partial charge in [-0.15, -0.1) is 0 Å². The number of hydrogen-bond acceptors (Lipinski definition) is 3. The Morgan fingerprint density at radius 1 is 1.41 bits per heavy atom. The molecule has 5 heteroatoms. The predicted molar refractivity (Wildman–Crippen MR) is 68.5 cm³/mol. The van der Waals surface area contributed by atoms with Crippen molar-refractivity contribution < 1.29 is 5.11 Å². The van der Waals surface area contributed by atoms with Crippen molar-refractivity contribution in [2.75, 3.05) is 0 Å². The summed E-state index contributed by atoms with van der Waals surface area (Å²) in [6, 6.07) is 3.69. The van der Waals surface area contributed by atoms with Crippen LogP contribution in [-0.4, -0.2) is 19.9 Å². The van der Waals surface area contributed by atoms with Crippen LogP contribution in [0.5, 0.6) is 0 Å². The summed E-state index contributed by atoms with van der Waals surface area (Å²) < 4.78 is 2.75. The van der Waals surface area contributed by atoms with E-state index in [1.165, 1.54) is 0 Å². The molecule has 0 fully saturated rings. The summed E-state index contributed by atoms with van der Waals surface area (Å²) in [5, 5.41) is 14.2. The van der Waals surface area contributed by atoms with E-state index in [1.807, 2.05) is 29.9 Å². The molecule has 17 heavy (non-hydrogen) atoms. The highest BCUT2D eigenvalue weighted by atomic mass is 79.9. The van der Waals surface area contributed by atoms with Crippen LogP contribution in [0.1, 0.15) is 24.3 Å². The number of pyridine rings is 1. The molecule has 2 aromatic rings. The number of aryl methyl sites for hydroxylation is 1. The van der Waals surface area contributed by atoms with Crippen molar-refractivity contribution in [1.82, 2.24) is 14.8 Å². The van der Waals surface area contributed by atoms with Crippen molar-refractivity contribution in [2.24, 2.45) is 0 Å². The van der Waals surface area contributed by atoms with Crippen LogP contribution in [0.3, 0.4) is 0 Å². The maximum atomic E-state index is 10.0. The van der Waals surface area contributed by atoms with Crippen LogP contribution in [0.2, 0.25) is 0 Å². The topological polar surface area (TPSA) is 50.9 Å². The molecule has 0 aromatic carbocycles. The number of halogens is 1. The molecule has 0 bridgehead atoms. The van der Waals surface area contributed by atoms with Crippen molar-refractivity contribution in [1.29, 1.82) is 0 Å². The monoisotopic (exact) mass is 295 g/mol. The highest BCUT2D eigenvalue weighted by Crippen LogP contribution is 2.17. The normalized spacial score (nSPS) is 12.6. The molecule has 0 radical (unpaired) electrons. The molecule has 0 aliphatic carbocycles. The van der Waals surface area contributed by atoms with Gasteiger partial charge in [0.1, 0.15) is 6.10 Å². The first-order chi connectivity index (χ1) is 8.19. The summed E-state index contributed by atoms with van der Waals surface area (Å²) in [6.07, 6.45) is 5.37. The number of nitrogens with zero attached hydrogens (tertiary/aromatic N) is 3. The number of aliphatic hydroxyl groups is 1. The second-order valence-corrected chi connectivity index (χ2v) is 4.74. The first kappa shape index (κ1) is 12.3. The Balaban J connectivity index is 2.05. The average Bonchev–Trinajstić information content (AvgIpc) is 2.77. The van der Waals surface area contributed by atoms with Crippen LogP contribution >= 0.6 is 15.9 Å². The summed E-state index contributed by atoms with van der Waals surface area (Å²) in [5.41, 5.74) is 1.70. The Labute approximate surface area is 108 Å². The van der Waals surface area contributed by atoms with Gasteiger partial charge < -0.3 is 5.11 Å². The summed E-state index contributed by atoms with van der Waals surface area (Å²) in [5.74, 6) is 0. The Hall–Kier alpha value is -1.20. The fraction of sp³-hybridized carbons (Fsp3) is 0.333. The third-order valence-electron chi connectivity index (χ3n) is 2.53. The third-order valence-corrected chi connectivity index (χ3v) is 3.00. The van der Waals surface area contributed by atoms with E-state index in [-0.39, 0.29) is 0 Å². The summed E-state index contributed by atoms with van der Waals surface area (Å²) in [7, 11) is 0. The molecule has 90 valence electrons. The lowest BCUT2D eigenvalue weighted by Gasteiger charge is -2.08. The van der Waals surface area contributed by atoms with Crippen LogP contribution in [0.25, 0.3) is 0 Å². The molecule has 1 unspecified atom stereocenters. The van der Waals surface area contributed by atoms with E-state index in [9.17, 15) is 5.11 Å². The fourth-order valence-corrected chi connectivity index (χ4v) is 1.83. The molecule has 0 aliphatic heterocycles. The molecule has 2 heterocycles. The van der Waals surface area contributed by atoms with Crippen molar-refractivity contribution in [3.8, 4) is 0 Å². The second kappa shape index (κ2) is 5.42. The van der Waals surface area contributed by atoms with E-state index in [1.54, 1.807) is 12.4 Å². The number of rotatable bonds is 4. The third kappa shape index (κ3) is 3.14. The van der Waals surface area contributed by atoms with Gasteiger partial charge in [-0.1, -0.05) is 0 Å². The van der Waals surface area contributed by atoms with Gasteiger partial charge in [-0.25, -0.2) is 0 Å². The maximum Gasteiger partial charge on any atom is 0.100 e. The molecule has 1 N–H and O–H groups in total. The number of aliphatic hydroxyl groups excluding tert-OH is 1. The van der Waals surface area contributed by atoms with E-state index < -0.39 is 6.10 Å². The summed E-state index contributed by atoms with van der Waals surface area (Å²) >= 11 is 3.32. The molecule has 0 spiro atoms. The van der Waals surface area contributed by atoms with E-state index in [0.717, 1.165) is 16.6 Å². The van der Waals surface area contributed by atoms with Crippen LogP contribution in [-0.2, 0) is 13.0 Å². The van der Waals surface area contributed by atoms with E-state index in [4.69, 9.17) is 0 Å². The van der Waals surface area contributed by atoms with Crippen LogP contribution in [0.15, 0.2) is 35.2 Å². The van der Waals surface area contributed by atoms with E-state index >= 15 is 0 Å². The molecule has 2 rings (SSSR count). The molecule has 0 saturated heterocycles. The molecule has 0 saturated carbocycles. The molecule has 1 atom stereocenters. The van der Waals surface area contributed by atoms with E-state index in [0.29, 0.717) is 12.1 Å². The first-order valence-electron chi connectivity index (χ1n) is 5.50. The highest BCUT2D eigenvalue weighted by molar-refractivity contribution is 9.10. The standard InChI is InChI=1S/C12H14BrN3O/c1-2-16-8-9(6-15-16)5-12(17)11-4-3-10(13)7-14-11/h3-4,6-8,12,17H,2,5H2,1H3. The van der Waals surface area contributed by atoms with Crippen molar-refractivity contribution in [3.63, 3.8) is 0 Å². The fourth-order valence-electron chi connectivity index (χ4n) is 1.60. The Kier molecular flexibility index (Phi) is 3.91. The molecule has 0 amide bonds. The van der Waals surface area contributed by atoms with Gasteiger partial charge >= 0.3 is 0 Å². The minimum atomic E-state index is -0.586. The zero-order valence-electron chi connectivity index (χ0n) is 9.55. The Morgan fingerprint density at radius 2 is 2.24 bits per heavy atom. The van der Waals surface area contributed by atoms with E-state index in [2.05, 4.69) is 26.0 Å². The lowest BCUT2D eigenvalue weighted by Crippen LogP contribution is -2.03. The molecule has 4 nitrogen and oxygen atoms in total. The minimum Gasteiger partial charge on any atom is -0.386 e. The van der Waals surface area contributed by atoms with Crippen molar-refractivity contribution in [2.45, 2.75) is 26.0 Å². The maximum absolute atomic E-state index is 10.0. The zero-order chi connectivity index (χ0) is 12.3. The van der Waals surface area contributed by atoms with Crippen molar-refractivity contribution in [3.05, 3.63) is 46.5 Å². The SMILES string of the molecule is CCn1cc(CC(O)c2ccc(Br)cn2)cn1. The van der Waals surface area contributed by atoms with Gasteiger partial charge in [0, 0.05) is 29.8 Å². The molecule has 0 aliphatic rings. The zero-order valence-corrected chi connectivity index (χ0v) is 11.1. The van der Waals surface area contributed by atoms with Crippen LogP contribution in [0, 0.1) is 0 Å². The lowest BCUT2D eigenvalue weighted by atomic mass is 10.1. The number of aromatic nitrogens is 3. The Morgan fingerprint density at radius 3 is 2.82 bits per heavy atom. The molecular weight excluding hydrogens is 282 g/mol. The van der Waals surface area contributed by atoms with Gasteiger partial charge in [0.25, 0.3) is 0 Å². The highest BCUT2D eigenvalue weighted by Gasteiger charge is 2.11. The Bertz CT molecular complexity index is 481. The smallest absolute Gasteiger partial charge is 0.100 e. The van der Waals surface area contributed by atoms with Crippen LogP contribution < -0.4 is 0 Å². The lowest BCUT2D eigenvalue weighted by molar-refractivity contribution is 0.173. The quantitative estimate of drug-likeness (QED) is 0.942. The average molecular weight is 296 g/mol. The predicted octanol–water partition coefficient (Wildman–Crippen LogP) is 2.34. The summed E-state index contributed by atoms with van der Waals surface area (Å²) in [4.78, 5) is 4.18.